The van der Waals surface area contributed by atoms with Gasteiger partial charge in [-0.25, -0.2) is 4.39 Å². The van der Waals surface area contributed by atoms with Crippen LogP contribution in [0.4, 0.5) is 4.39 Å². The molecule has 0 fully saturated rings. The number of nitrogens with two attached hydrogens (primary N) is 1. The van der Waals surface area contributed by atoms with E-state index in [-0.39, 0.29) is 19.1 Å². The molecular weight excluding hydrogens is 271 g/mol. The summed E-state index contributed by atoms with van der Waals surface area (Å²) in [7, 11) is 3.31. The van der Waals surface area contributed by atoms with Crippen LogP contribution >= 0.6 is 11.6 Å². The van der Waals surface area contributed by atoms with Gasteiger partial charge in [0.2, 0.25) is 0 Å². The van der Waals surface area contributed by atoms with Crippen molar-refractivity contribution in [3.05, 3.63) is 40.7 Å². The normalized spacial score (nSPS) is 11.3. The van der Waals surface area contributed by atoms with Crippen LogP contribution in [-0.2, 0) is 0 Å². The van der Waals surface area contributed by atoms with Crippen LogP contribution < -0.4 is 10.5 Å². The molecule has 1 aromatic rings. The largest absolute Gasteiger partial charge is 0.488 e. The number of amides is 1. The highest BCUT2D eigenvalue weighted by Gasteiger charge is 2.11. The van der Waals surface area contributed by atoms with Crippen LogP contribution in [0.25, 0.3) is 0 Å². The number of carbonyl (C=O) groups is 1. The van der Waals surface area contributed by atoms with Crippen molar-refractivity contribution >= 4 is 17.5 Å². The number of nitrogens with zero attached hydrogens (tertiary/aromatic N) is 1. The van der Waals surface area contributed by atoms with Crippen molar-refractivity contribution in [3.63, 3.8) is 0 Å². The Kier molecular flexibility index (Phi) is 5.79. The number of halogens is 2. The van der Waals surface area contributed by atoms with Crippen LogP contribution in [0.3, 0.4) is 0 Å². The molecule has 0 spiro atoms. The topological polar surface area (TPSA) is 55.6 Å². The lowest BCUT2D eigenvalue weighted by molar-refractivity contribution is 0.0827. The molecular formula is C13H16ClFN2O2. The Labute approximate surface area is 116 Å². The van der Waals surface area contributed by atoms with E-state index in [4.69, 9.17) is 22.1 Å². The third-order valence-corrected chi connectivity index (χ3v) is 2.71. The van der Waals surface area contributed by atoms with E-state index < -0.39 is 0 Å². The fourth-order valence-corrected chi connectivity index (χ4v) is 1.55. The minimum atomic E-state index is -0.153. The first-order valence-electron chi connectivity index (χ1n) is 5.61. The minimum Gasteiger partial charge on any atom is -0.488 e. The van der Waals surface area contributed by atoms with E-state index in [0.29, 0.717) is 28.2 Å². The predicted octanol–water partition coefficient (Wildman–Crippen LogP) is 2.23. The summed E-state index contributed by atoms with van der Waals surface area (Å²) >= 11 is 6.01. The summed E-state index contributed by atoms with van der Waals surface area (Å²) in [5.41, 5.74) is 6.10. The van der Waals surface area contributed by atoms with E-state index >= 15 is 0 Å². The van der Waals surface area contributed by atoms with Gasteiger partial charge >= 0.3 is 0 Å². The standard InChI is InChI=1S/C13H16ClFN2O2/c1-17(2)13(18)10-3-4-12(11(14)5-10)19-8-9(6-15)7-16/h3-6H,7-8,16H2,1-2H3. The Hall–Kier alpha value is -1.59. The highest BCUT2D eigenvalue weighted by atomic mass is 35.5. The molecule has 19 heavy (non-hydrogen) atoms. The predicted molar refractivity (Wildman–Crippen MR) is 73.2 cm³/mol. The molecule has 0 radical (unpaired) electrons. The van der Waals surface area contributed by atoms with Gasteiger partial charge in [-0.1, -0.05) is 11.6 Å². The summed E-state index contributed by atoms with van der Waals surface area (Å²) in [5.74, 6) is 0.226. The van der Waals surface area contributed by atoms with Gasteiger partial charge in [0.05, 0.1) is 11.4 Å². The van der Waals surface area contributed by atoms with Gasteiger partial charge in [-0.3, -0.25) is 4.79 Å². The van der Waals surface area contributed by atoms with Gasteiger partial charge in [0.25, 0.3) is 5.91 Å². The molecule has 0 atom stereocenters. The van der Waals surface area contributed by atoms with Crippen LogP contribution in [0.2, 0.25) is 5.02 Å². The molecule has 0 aliphatic rings. The minimum absolute atomic E-state index is 0.0215. The lowest BCUT2D eigenvalue weighted by Gasteiger charge is -2.12. The number of hydrogen-bond acceptors (Lipinski definition) is 3. The van der Waals surface area contributed by atoms with Gasteiger partial charge in [0, 0.05) is 31.8 Å². The van der Waals surface area contributed by atoms with Crippen LogP contribution in [-0.4, -0.2) is 38.1 Å². The Balaban J connectivity index is 2.81. The number of benzene rings is 1. The Morgan fingerprint density at radius 3 is 2.68 bits per heavy atom. The fraction of sp³-hybridized carbons (Fsp3) is 0.308. The van der Waals surface area contributed by atoms with Gasteiger partial charge in [0.1, 0.15) is 12.4 Å². The second-order valence-electron chi connectivity index (χ2n) is 4.10. The van der Waals surface area contributed by atoms with Gasteiger partial charge in [0.15, 0.2) is 0 Å². The molecule has 0 bridgehead atoms. The molecule has 0 aliphatic heterocycles. The molecule has 2 N–H and O–H groups in total. The maximum absolute atomic E-state index is 12.3. The van der Waals surface area contributed by atoms with Crippen molar-refractivity contribution in [2.75, 3.05) is 27.2 Å². The van der Waals surface area contributed by atoms with Crippen LogP contribution in [0.1, 0.15) is 10.4 Å². The maximum atomic E-state index is 12.3. The lowest BCUT2D eigenvalue weighted by Crippen LogP contribution is -2.21. The third kappa shape index (κ3) is 4.22. The second kappa shape index (κ2) is 7.11. The molecule has 1 aromatic carbocycles. The van der Waals surface area contributed by atoms with E-state index in [9.17, 15) is 9.18 Å². The zero-order valence-corrected chi connectivity index (χ0v) is 11.6. The zero-order valence-electron chi connectivity index (χ0n) is 10.8. The van der Waals surface area contributed by atoms with E-state index in [1.54, 1.807) is 26.2 Å². The molecule has 4 nitrogen and oxygen atoms in total. The smallest absolute Gasteiger partial charge is 0.253 e. The summed E-state index contributed by atoms with van der Waals surface area (Å²) in [6, 6.07) is 4.69. The Morgan fingerprint density at radius 1 is 1.53 bits per heavy atom. The van der Waals surface area contributed by atoms with Crippen molar-refractivity contribution in [1.29, 1.82) is 0 Å². The Morgan fingerprint density at radius 2 is 2.21 bits per heavy atom. The van der Waals surface area contributed by atoms with Crippen LogP contribution in [0, 0.1) is 0 Å². The van der Waals surface area contributed by atoms with Gasteiger partial charge in [-0.15, -0.1) is 0 Å². The highest BCUT2D eigenvalue weighted by molar-refractivity contribution is 6.32. The number of carbonyl (C=O) groups excluding carboxylic acids is 1. The van der Waals surface area contributed by atoms with Crippen molar-refractivity contribution in [1.82, 2.24) is 4.90 Å². The molecule has 104 valence electrons. The molecule has 0 unspecified atom stereocenters. The SMILES string of the molecule is CN(C)C(=O)c1ccc(OCC(=CF)CN)c(Cl)c1. The van der Waals surface area contributed by atoms with E-state index in [2.05, 4.69) is 0 Å². The van der Waals surface area contributed by atoms with Crippen molar-refractivity contribution < 1.29 is 13.9 Å². The quantitative estimate of drug-likeness (QED) is 0.903. The molecule has 0 saturated heterocycles. The monoisotopic (exact) mass is 286 g/mol. The number of hydrogen-bond donors (Lipinski definition) is 1. The molecule has 0 aromatic heterocycles. The molecule has 0 heterocycles. The third-order valence-electron chi connectivity index (χ3n) is 2.41. The summed E-state index contributed by atoms with van der Waals surface area (Å²) < 4.78 is 17.6. The molecule has 0 aliphatic carbocycles. The second-order valence-corrected chi connectivity index (χ2v) is 4.51. The van der Waals surface area contributed by atoms with Crippen molar-refractivity contribution in [2.24, 2.45) is 5.73 Å². The van der Waals surface area contributed by atoms with Gasteiger partial charge in [-0.05, 0) is 18.2 Å². The number of ether oxygens (including phenoxy) is 1. The van der Waals surface area contributed by atoms with Crippen LogP contribution in [0.5, 0.6) is 5.75 Å². The average molecular weight is 287 g/mol. The van der Waals surface area contributed by atoms with E-state index in [0.717, 1.165) is 0 Å². The van der Waals surface area contributed by atoms with E-state index in [1.807, 2.05) is 0 Å². The molecule has 6 heteroatoms. The molecule has 0 saturated carbocycles. The Bertz CT molecular complexity index is 490. The van der Waals surface area contributed by atoms with Gasteiger partial charge in [-0.2, -0.15) is 0 Å². The lowest BCUT2D eigenvalue weighted by atomic mass is 10.2. The summed E-state index contributed by atoms with van der Waals surface area (Å²) in [4.78, 5) is 13.2. The summed E-state index contributed by atoms with van der Waals surface area (Å²) in [6.07, 6.45) is 0.415. The molecule has 1 amide bonds. The summed E-state index contributed by atoms with van der Waals surface area (Å²) in [6.45, 7) is 0.0962. The first-order valence-corrected chi connectivity index (χ1v) is 5.99. The van der Waals surface area contributed by atoms with Crippen molar-refractivity contribution in [3.8, 4) is 5.75 Å². The molecule has 1 rings (SSSR count). The first-order chi connectivity index (χ1) is 8.99. The number of rotatable bonds is 5. The fourth-order valence-electron chi connectivity index (χ4n) is 1.31. The van der Waals surface area contributed by atoms with E-state index in [1.165, 1.54) is 11.0 Å². The van der Waals surface area contributed by atoms with Crippen LogP contribution in [0.15, 0.2) is 30.1 Å². The zero-order chi connectivity index (χ0) is 14.4. The van der Waals surface area contributed by atoms with Gasteiger partial charge < -0.3 is 15.4 Å². The average Bonchev–Trinajstić information content (AvgIpc) is 2.40. The first kappa shape index (κ1) is 15.5. The van der Waals surface area contributed by atoms with Crippen molar-refractivity contribution in [2.45, 2.75) is 0 Å². The maximum Gasteiger partial charge on any atom is 0.253 e. The highest BCUT2D eigenvalue weighted by Crippen LogP contribution is 2.26. The summed E-state index contributed by atoms with van der Waals surface area (Å²) in [5, 5.41) is 0.294.